The summed E-state index contributed by atoms with van der Waals surface area (Å²) < 4.78 is 5.46. The van der Waals surface area contributed by atoms with Crippen LogP contribution in [0.25, 0.3) is 0 Å². The van der Waals surface area contributed by atoms with Crippen LogP contribution in [0.15, 0.2) is 30.9 Å². The number of ether oxygens (including phenoxy) is 1. The topological polar surface area (TPSA) is 29.5 Å². The van der Waals surface area contributed by atoms with Crippen molar-refractivity contribution in [2.75, 3.05) is 13.7 Å². The van der Waals surface area contributed by atoms with Crippen molar-refractivity contribution in [3.63, 3.8) is 0 Å². The molecule has 3 heteroatoms. The summed E-state index contributed by atoms with van der Waals surface area (Å²) in [5.74, 6) is 1.67. The molecule has 0 spiro atoms. The molecule has 3 nitrogen and oxygen atoms in total. The van der Waals surface area contributed by atoms with Crippen LogP contribution < -0.4 is 4.74 Å². The highest BCUT2D eigenvalue weighted by Gasteiger charge is 2.42. The van der Waals surface area contributed by atoms with Gasteiger partial charge in [-0.15, -0.1) is 6.58 Å². The SMILES string of the molecule is C=CCN1C(=O)C[C@H]2Cc3cccc(OC)c3C[C@@H]21. The first-order valence-electron chi connectivity index (χ1n) is 6.79. The van der Waals surface area contributed by atoms with Crippen molar-refractivity contribution >= 4 is 5.91 Å². The van der Waals surface area contributed by atoms with Crippen molar-refractivity contribution in [1.29, 1.82) is 0 Å². The lowest BCUT2D eigenvalue weighted by Gasteiger charge is -2.33. The molecule has 0 N–H and O–H groups in total. The van der Waals surface area contributed by atoms with Crippen LogP contribution in [-0.4, -0.2) is 30.5 Å². The maximum absolute atomic E-state index is 12.1. The van der Waals surface area contributed by atoms with Gasteiger partial charge in [-0.2, -0.15) is 0 Å². The van der Waals surface area contributed by atoms with Crippen LogP contribution in [0.2, 0.25) is 0 Å². The molecule has 19 heavy (non-hydrogen) atoms. The van der Waals surface area contributed by atoms with E-state index in [9.17, 15) is 4.79 Å². The fraction of sp³-hybridized carbons (Fsp3) is 0.438. The second-order valence-corrected chi connectivity index (χ2v) is 5.37. The number of carbonyl (C=O) groups excluding carboxylic acids is 1. The summed E-state index contributed by atoms with van der Waals surface area (Å²) in [5.41, 5.74) is 2.61. The Morgan fingerprint density at radius 3 is 3.00 bits per heavy atom. The van der Waals surface area contributed by atoms with E-state index in [0.717, 1.165) is 18.6 Å². The van der Waals surface area contributed by atoms with Crippen molar-refractivity contribution in [1.82, 2.24) is 4.90 Å². The van der Waals surface area contributed by atoms with Gasteiger partial charge in [-0.25, -0.2) is 0 Å². The van der Waals surface area contributed by atoms with Crippen LogP contribution in [-0.2, 0) is 17.6 Å². The van der Waals surface area contributed by atoms with E-state index >= 15 is 0 Å². The number of hydrogen-bond donors (Lipinski definition) is 0. The molecular formula is C16H19NO2. The largest absolute Gasteiger partial charge is 0.496 e. The van der Waals surface area contributed by atoms with Crippen LogP contribution in [0.1, 0.15) is 17.5 Å². The number of rotatable bonds is 3. The number of fused-ring (bicyclic) bond motifs is 2. The van der Waals surface area contributed by atoms with Crippen molar-refractivity contribution in [2.45, 2.75) is 25.3 Å². The smallest absolute Gasteiger partial charge is 0.223 e. The average molecular weight is 257 g/mol. The quantitative estimate of drug-likeness (QED) is 0.777. The van der Waals surface area contributed by atoms with Gasteiger partial charge in [0.05, 0.1) is 7.11 Å². The Morgan fingerprint density at radius 2 is 2.26 bits per heavy atom. The van der Waals surface area contributed by atoms with Gasteiger partial charge in [0, 0.05) is 19.0 Å². The summed E-state index contributed by atoms with van der Waals surface area (Å²) in [5, 5.41) is 0. The second-order valence-electron chi connectivity index (χ2n) is 5.37. The molecule has 1 fully saturated rings. The van der Waals surface area contributed by atoms with Gasteiger partial charge in [0.25, 0.3) is 0 Å². The van der Waals surface area contributed by atoms with E-state index in [1.807, 2.05) is 23.1 Å². The van der Waals surface area contributed by atoms with Gasteiger partial charge in [-0.05, 0) is 36.0 Å². The van der Waals surface area contributed by atoms with E-state index in [1.165, 1.54) is 11.1 Å². The maximum atomic E-state index is 12.1. The van der Waals surface area contributed by atoms with Gasteiger partial charge in [0.2, 0.25) is 5.91 Å². The predicted octanol–water partition coefficient (Wildman–Crippen LogP) is 2.20. The molecule has 1 amide bonds. The molecule has 1 aliphatic heterocycles. The lowest BCUT2D eigenvalue weighted by molar-refractivity contribution is -0.128. The zero-order valence-corrected chi connectivity index (χ0v) is 11.3. The van der Waals surface area contributed by atoms with Crippen LogP contribution in [0.3, 0.4) is 0 Å². The molecule has 1 heterocycles. The summed E-state index contributed by atoms with van der Waals surface area (Å²) >= 11 is 0. The monoisotopic (exact) mass is 257 g/mol. The zero-order valence-electron chi connectivity index (χ0n) is 11.3. The zero-order chi connectivity index (χ0) is 13.4. The first-order valence-corrected chi connectivity index (χ1v) is 6.79. The molecule has 1 aromatic carbocycles. The van der Waals surface area contributed by atoms with Gasteiger partial charge in [-0.1, -0.05) is 18.2 Å². The molecule has 0 aromatic heterocycles. The second kappa shape index (κ2) is 4.72. The normalized spacial score (nSPS) is 24.9. The fourth-order valence-electron chi connectivity index (χ4n) is 3.50. The third-order valence-corrected chi connectivity index (χ3v) is 4.37. The minimum absolute atomic E-state index is 0.265. The molecule has 1 aliphatic carbocycles. The summed E-state index contributed by atoms with van der Waals surface area (Å²) in [6.07, 6.45) is 4.38. The Bertz CT molecular complexity index is 523. The standard InChI is InChI=1S/C16H19NO2/c1-3-7-17-14-10-13-11(5-4-6-15(13)19-2)8-12(14)9-16(17)18/h3-6,12,14H,1,7-10H2,2H3/t12-,14+/m1/s1. The Morgan fingerprint density at radius 1 is 1.42 bits per heavy atom. The minimum Gasteiger partial charge on any atom is -0.496 e. The Hall–Kier alpha value is -1.77. The molecule has 0 radical (unpaired) electrons. The van der Waals surface area contributed by atoms with E-state index in [1.54, 1.807) is 7.11 Å². The molecule has 1 saturated heterocycles. The Labute approximate surface area is 113 Å². The van der Waals surface area contributed by atoms with Gasteiger partial charge in [0.1, 0.15) is 5.75 Å². The van der Waals surface area contributed by atoms with Crippen LogP contribution in [0, 0.1) is 5.92 Å². The molecule has 0 saturated carbocycles. The van der Waals surface area contributed by atoms with Gasteiger partial charge < -0.3 is 9.64 Å². The molecule has 2 aliphatic rings. The number of benzene rings is 1. The molecule has 1 aromatic rings. The maximum Gasteiger partial charge on any atom is 0.223 e. The molecular weight excluding hydrogens is 238 g/mol. The molecule has 3 rings (SSSR count). The van der Waals surface area contributed by atoms with Crippen LogP contribution >= 0.6 is 0 Å². The third kappa shape index (κ3) is 1.93. The van der Waals surface area contributed by atoms with Crippen molar-refractivity contribution in [3.8, 4) is 5.75 Å². The van der Waals surface area contributed by atoms with Gasteiger partial charge in [-0.3, -0.25) is 4.79 Å². The molecule has 0 bridgehead atoms. The molecule has 100 valence electrons. The lowest BCUT2D eigenvalue weighted by atomic mass is 9.80. The number of methoxy groups -OCH3 is 1. The number of hydrogen-bond acceptors (Lipinski definition) is 2. The van der Waals surface area contributed by atoms with Crippen molar-refractivity contribution in [2.24, 2.45) is 5.92 Å². The van der Waals surface area contributed by atoms with Crippen molar-refractivity contribution < 1.29 is 9.53 Å². The average Bonchev–Trinajstić information content (AvgIpc) is 2.72. The summed E-state index contributed by atoms with van der Waals surface area (Å²) in [7, 11) is 1.71. The number of carbonyl (C=O) groups is 1. The highest BCUT2D eigenvalue weighted by molar-refractivity contribution is 5.80. The van der Waals surface area contributed by atoms with E-state index in [-0.39, 0.29) is 5.91 Å². The Kier molecular flexibility index (Phi) is 3.05. The van der Waals surface area contributed by atoms with Crippen molar-refractivity contribution in [3.05, 3.63) is 42.0 Å². The van der Waals surface area contributed by atoms with E-state index in [2.05, 4.69) is 12.6 Å². The van der Waals surface area contributed by atoms with E-state index in [0.29, 0.717) is 24.9 Å². The van der Waals surface area contributed by atoms with Gasteiger partial charge in [0.15, 0.2) is 0 Å². The Balaban J connectivity index is 1.95. The fourth-order valence-corrected chi connectivity index (χ4v) is 3.50. The van der Waals surface area contributed by atoms with Gasteiger partial charge >= 0.3 is 0 Å². The number of nitrogens with zero attached hydrogens (tertiary/aromatic N) is 1. The highest BCUT2D eigenvalue weighted by atomic mass is 16.5. The molecule has 0 unspecified atom stereocenters. The highest BCUT2D eigenvalue weighted by Crippen LogP contribution is 2.39. The summed E-state index contributed by atoms with van der Waals surface area (Å²) in [6.45, 7) is 4.41. The van der Waals surface area contributed by atoms with E-state index < -0.39 is 0 Å². The third-order valence-electron chi connectivity index (χ3n) is 4.37. The minimum atomic E-state index is 0.265. The summed E-state index contributed by atoms with van der Waals surface area (Å²) in [4.78, 5) is 14.1. The molecule has 2 atom stereocenters. The number of likely N-dealkylation sites (tertiary alicyclic amines) is 1. The van der Waals surface area contributed by atoms with Crippen LogP contribution in [0.4, 0.5) is 0 Å². The van der Waals surface area contributed by atoms with E-state index in [4.69, 9.17) is 4.74 Å². The first kappa shape index (κ1) is 12.3. The lowest BCUT2D eigenvalue weighted by Crippen LogP contribution is -2.39. The van der Waals surface area contributed by atoms with Crippen LogP contribution in [0.5, 0.6) is 5.75 Å². The summed E-state index contributed by atoms with van der Waals surface area (Å²) in [6, 6.07) is 6.52. The number of amides is 1. The predicted molar refractivity (Wildman–Crippen MR) is 74.2 cm³/mol. The first-order chi connectivity index (χ1) is 9.24.